The molecule has 172 valence electrons. The molecule has 0 aliphatic rings. The molecule has 0 fully saturated rings. The van der Waals surface area contributed by atoms with Gasteiger partial charge < -0.3 is 14.8 Å². The zero-order valence-electron chi connectivity index (χ0n) is 19.0. The summed E-state index contributed by atoms with van der Waals surface area (Å²) < 4.78 is 1.94. The molecule has 30 heavy (non-hydrogen) atoms. The third-order valence-electron chi connectivity index (χ3n) is 5.34. The second-order valence-corrected chi connectivity index (χ2v) is 9.30. The average molecular weight is 439 g/mol. The fourth-order valence-corrected chi connectivity index (χ4v) is 4.52. The monoisotopic (exact) mass is 438 g/mol. The Morgan fingerprint density at radius 1 is 1.10 bits per heavy atom. The third kappa shape index (κ3) is 13.1. The molecular formula is C24H42N2O3S. The van der Waals surface area contributed by atoms with Crippen LogP contribution in [0.25, 0.3) is 0 Å². The Morgan fingerprint density at radius 2 is 1.73 bits per heavy atom. The van der Waals surface area contributed by atoms with Crippen molar-refractivity contribution in [3.63, 3.8) is 0 Å². The van der Waals surface area contributed by atoms with E-state index in [2.05, 4.69) is 24.1 Å². The van der Waals surface area contributed by atoms with Crippen LogP contribution in [-0.2, 0) is 11.8 Å². The van der Waals surface area contributed by atoms with Gasteiger partial charge in [-0.3, -0.25) is 4.79 Å². The number of hydrogen-bond donors (Lipinski definition) is 2. The number of nitrogens with zero attached hydrogens (tertiary/aromatic N) is 2. The first-order valence-corrected chi connectivity index (χ1v) is 12.6. The lowest BCUT2D eigenvalue weighted by molar-refractivity contribution is -0.137. The number of carboxylic acids is 1. The van der Waals surface area contributed by atoms with Crippen molar-refractivity contribution < 1.29 is 15.0 Å². The van der Waals surface area contributed by atoms with Gasteiger partial charge in [0.25, 0.3) is 0 Å². The van der Waals surface area contributed by atoms with Gasteiger partial charge in [-0.2, -0.15) is 0 Å². The lowest BCUT2D eigenvalue weighted by Crippen LogP contribution is -2.22. The van der Waals surface area contributed by atoms with Crippen LogP contribution in [0.4, 0.5) is 0 Å². The Bertz CT molecular complexity index is 589. The SMILES string of the molecule is CCCCCCCCCCCC/C=C\C(Sc1nccn1C)C(O)CCCC(=O)O. The molecule has 1 aromatic heterocycles. The number of aliphatic hydroxyl groups excluding tert-OH is 1. The number of aliphatic carboxylic acids is 1. The molecule has 2 atom stereocenters. The van der Waals surface area contributed by atoms with Crippen LogP contribution in [0.3, 0.4) is 0 Å². The van der Waals surface area contributed by atoms with E-state index in [4.69, 9.17) is 5.11 Å². The molecule has 1 rings (SSSR count). The van der Waals surface area contributed by atoms with E-state index < -0.39 is 12.1 Å². The topological polar surface area (TPSA) is 75.3 Å². The molecule has 0 aromatic carbocycles. The van der Waals surface area contributed by atoms with E-state index in [-0.39, 0.29) is 11.7 Å². The summed E-state index contributed by atoms with van der Waals surface area (Å²) in [7, 11) is 1.94. The second-order valence-electron chi connectivity index (χ2n) is 8.16. The van der Waals surface area contributed by atoms with Crippen LogP contribution in [0.1, 0.15) is 96.8 Å². The summed E-state index contributed by atoms with van der Waals surface area (Å²) in [4.78, 5) is 15.1. The molecule has 0 amide bonds. The average Bonchev–Trinajstić information content (AvgIpc) is 3.12. The molecule has 6 heteroatoms. The molecule has 0 radical (unpaired) electrons. The number of allylic oxidation sites excluding steroid dienone is 1. The lowest BCUT2D eigenvalue weighted by Gasteiger charge is -2.19. The molecule has 2 N–H and O–H groups in total. The zero-order valence-corrected chi connectivity index (χ0v) is 19.8. The summed E-state index contributed by atoms with van der Waals surface area (Å²) >= 11 is 1.54. The van der Waals surface area contributed by atoms with Crippen LogP contribution in [0, 0.1) is 0 Å². The van der Waals surface area contributed by atoms with Crippen LogP contribution < -0.4 is 0 Å². The summed E-state index contributed by atoms with van der Waals surface area (Å²) in [6.07, 6.45) is 22.7. The highest BCUT2D eigenvalue weighted by Crippen LogP contribution is 2.27. The number of aromatic nitrogens is 2. The number of aryl methyl sites for hydroxylation is 1. The Morgan fingerprint density at radius 3 is 2.30 bits per heavy atom. The molecule has 0 spiro atoms. The van der Waals surface area contributed by atoms with Crippen molar-refractivity contribution >= 4 is 17.7 Å². The highest BCUT2D eigenvalue weighted by molar-refractivity contribution is 8.00. The maximum atomic E-state index is 10.7. The summed E-state index contributed by atoms with van der Waals surface area (Å²) in [5, 5.41) is 20.2. The van der Waals surface area contributed by atoms with Gasteiger partial charge in [0, 0.05) is 25.9 Å². The van der Waals surface area contributed by atoms with Gasteiger partial charge in [-0.25, -0.2) is 4.98 Å². The number of carboxylic acid groups (broad SMARTS) is 1. The van der Waals surface area contributed by atoms with E-state index in [0.717, 1.165) is 11.6 Å². The highest BCUT2D eigenvalue weighted by atomic mass is 32.2. The third-order valence-corrected chi connectivity index (χ3v) is 6.69. The number of thioether (sulfide) groups is 1. The number of imidazole rings is 1. The molecule has 0 aliphatic carbocycles. The minimum atomic E-state index is -0.813. The molecule has 0 saturated carbocycles. The van der Waals surface area contributed by atoms with Crippen molar-refractivity contribution in [1.82, 2.24) is 9.55 Å². The van der Waals surface area contributed by atoms with Gasteiger partial charge in [0.2, 0.25) is 0 Å². The Kier molecular flexibility index (Phi) is 15.5. The molecule has 1 heterocycles. The summed E-state index contributed by atoms with van der Waals surface area (Å²) in [5.74, 6) is -0.813. The standard InChI is InChI=1S/C24H42N2O3S/c1-3-4-5-6-7-8-9-10-11-12-13-14-17-22(21(27)16-15-18-23(28)29)30-24-25-19-20-26(24)2/h14,17,19-22,27H,3-13,15-16,18H2,1-2H3,(H,28,29)/b17-14-. The number of unbranched alkanes of at least 4 members (excludes halogenated alkanes) is 10. The maximum absolute atomic E-state index is 10.7. The normalized spacial score (nSPS) is 13.7. The minimum absolute atomic E-state index is 0.0964. The second kappa shape index (κ2) is 17.4. The van der Waals surface area contributed by atoms with Gasteiger partial charge in [0.1, 0.15) is 0 Å². The van der Waals surface area contributed by atoms with Crippen molar-refractivity contribution in [2.24, 2.45) is 7.05 Å². The zero-order chi connectivity index (χ0) is 22.0. The predicted molar refractivity (Wildman–Crippen MR) is 126 cm³/mol. The van der Waals surface area contributed by atoms with Crippen LogP contribution in [0.15, 0.2) is 29.7 Å². The number of rotatable bonds is 19. The molecule has 1 aromatic rings. The largest absolute Gasteiger partial charge is 0.481 e. The van der Waals surface area contributed by atoms with E-state index in [1.165, 1.54) is 76.0 Å². The molecule has 0 bridgehead atoms. The Balaban J connectivity index is 2.29. The van der Waals surface area contributed by atoms with Crippen molar-refractivity contribution in [2.75, 3.05) is 0 Å². The van der Waals surface area contributed by atoms with E-state index in [9.17, 15) is 9.90 Å². The first kappa shape index (κ1) is 26.8. The smallest absolute Gasteiger partial charge is 0.303 e. The van der Waals surface area contributed by atoms with Crippen LogP contribution in [0.5, 0.6) is 0 Å². The summed E-state index contributed by atoms with van der Waals surface area (Å²) in [6.45, 7) is 2.26. The van der Waals surface area contributed by atoms with Crippen molar-refractivity contribution in [1.29, 1.82) is 0 Å². The van der Waals surface area contributed by atoms with E-state index in [0.29, 0.717) is 12.8 Å². The maximum Gasteiger partial charge on any atom is 0.303 e. The first-order valence-electron chi connectivity index (χ1n) is 11.7. The fraction of sp³-hybridized carbons (Fsp3) is 0.750. The van der Waals surface area contributed by atoms with E-state index in [1.54, 1.807) is 6.20 Å². The van der Waals surface area contributed by atoms with E-state index in [1.807, 2.05) is 17.8 Å². The van der Waals surface area contributed by atoms with Crippen molar-refractivity contribution in [2.45, 2.75) is 113 Å². The van der Waals surface area contributed by atoms with Crippen LogP contribution in [0.2, 0.25) is 0 Å². The van der Waals surface area contributed by atoms with Crippen LogP contribution >= 0.6 is 11.8 Å². The summed E-state index contributed by atoms with van der Waals surface area (Å²) in [5.41, 5.74) is 0. The van der Waals surface area contributed by atoms with Crippen molar-refractivity contribution in [3.8, 4) is 0 Å². The van der Waals surface area contributed by atoms with Gasteiger partial charge >= 0.3 is 5.97 Å². The summed E-state index contributed by atoms with van der Waals surface area (Å²) in [6, 6.07) is 0. The predicted octanol–water partition coefficient (Wildman–Crippen LogP) is 6.36. The van der Waals surface area contributed by atoms with Gasteiger partial charge in [-0.1, -0.05) is 88.6 Å². The van der Waals surface area contributed by atoms with Crippen LogP contribution in [-0.4, -0.2) is 37.1 Å². The minimum Gasteiger partial charge on any atom is -0.481 e. The molecule has 0 saturated heterocycles. The highest BCUT2D eigenvalue weighted by Gasteiger charge is 2.19. The Hall–Kier alpha value is -1.27. The first-order chi connectivity index (χ1) is 14.5. The number of carbonyl (C=O) groups is 1. The van der Waals surface area contributed by atoms with Crippen molar-refractivity contribution in [3.05, 3.63) is 24.5 Å². The lowest BCUT2D eigenvalue weighted by atomic mass is 10.1. The van der Waals surface area contributed by atoms with Gasteiger partial charge in [0.05, 0.1) is 11.4 Å². The fourth-order valence-electron chi connectivity index (χ4n) is 3.44. The van der Waals surface area contributed by atoms with Gasteiger partial charge in [-0.15, -0.1) is 0 Å². The van der Waals surface area contributed by atoms with Gasteiger partial charge in [-0.05, 0) is 25.7 Å². The number of hydrogen-bond acceptors (Lipinski definition) is 4. The molecular weight excluding hydrogens is 396 g/mol. The number of aliphatic hydroxyl groups is 1. The van der Waals surface area contributed by atoms with E-state index >= 15 is 0 Å². The molecule has 2 unspecified atom stereocenters. The quantitative estimate of drug-likeness (QED) is 0.149. The molecule has 0 aliphatic heterocycles. The van der Waals surface area contributed by atoms with Gasteiger partial charge in [0.15, 0.2) is 5.16 Å². The Labute approximate surface area is 187 Å². The molecule has 5 nitrogen and oxygen atoms in total.